The molecule has 9 nitrogen and oxygen atoms in total. The van der Waals surface area contributed by atoms with Gasteiger partial charge in [0.1, 0.15) is 42.6 Å². The molecule has 5 aromatic rings. The number of nitrogens with zero attached hydrogens (tertiary/aromatic N) is 4. The Morgan fingerprint density at radius 3 is 2.56 bits per heavy atom. The van der Waals surface area contributed by atoms with Crippen molar-refractivity contribution in [3.63, 3.8) is 0 Å². The molecule has 1 aliphatic heterocycles. The Morgan fingerprint density at radius 1 is 1.00 bits per heavy atom. The second-order valence-electron chi connectivity index (χ2n) is 10.9. The van der Waals surface area contributed by atoms with Gasteiger partial charge in [-0.15, -0.1) is 0 Å². The van der Waals surface area contributed by atoms with E-state index in [1.807, 2.05) is 6.07 Å². The molecule has 1 N–H and O–H groups in total. The molecule has 0 aliphatic carbocycles. The minimum Gasteiger partial charge on any atom is -0.478 e. The minimum absolute atomic E-state index is 0.00893. The minimum atomic E-state index is -2.73. The highest BCUT2D eigenvalue weighted by Gasteiger charge is 2.34. The van der Waals surface area contributed by atoms with Gasteiger partial charge in [0, 0.05) is 23.6 Å². The number of aromatic nitrogens is 3. The van der Waals surface area contributed by atoms with E-state index in [9.17, 15) is 23.1 Å². The molecular formula is C34H25F5N4O5. The first-order valence-corrected chi connectivity index (χ1v) is 14.6. The van der Waals surface area contributed by atoms with E-state index in [-0.39, 0.29) is 71.5 Å². The topological polar surface area (TPSA) is 119 Å². The first-order valence-electron chi connectivity index (χ1n) is 14.6. The predicted octanol–water partition coefficient (Wildman–Crippen LogP) is 6.48. The second kappa shape index (κ2) is 13.8. The number of ether oxygens (including phenoxy) is 3. The van der Waals surface area contributed by atoms with Crippen LogP contribution in [-0.2, 0) is 22.5 Å². The van der Waals surface area contributed by atoms with E-state index in [0.717, 1.165) is 18.2 Å². The Kier molecular flexibility index (Phi) is 9.33. The fourth-order valence-corrected chi connectivity index (χ4v) is 5.51. The smallest absolute Gasteiger partial charge is 0.335 e. The molecule has 1 fully saturated rings. The van der Waals surface area contributed by atoms with E-state index in [1.54, 1.807) is 4.57 Å². The molecule has 246 valence electrons. The van der Waals surface area contributed by atoms with Crippen LogP contribution in [0, 0.1) is 28.8 Å². The maximum absolute atomic E-state index is 15.7. The van der Waals surface area contributed by atoms with Crippen LogP contribution in [0.2, 0.25) is 0 Å². The molecule has 48 heavy (non-hydrogen) atoms. The number of aromatic carboxylic acids is 1. The molecule has 2 atom stereocenters. The van der Waals surface area contributed by atoms with Crippen LogP contribution in [0.1, 0.15) is 38.9 Å². The Morgan fingerprint density at radius 2 is 1.81 bits per heavy atom. The summed E-state index contributed by atoms with van der Waals surface area (Å²) in [6.45, 7) is -1.05. The quantitative estimate of drug-likeness (QED) is 0.160. The zero-order chi connectivity index (χ0) is 33.9. The van der Waals surface area contributed by atoms with Crippen molar-refractivity contribution in [2.75, 3.05) is 19.8 Å². The van der Waals surface area contributed by atoms with Crippen LogP contribution >= 0.6 is 0 Å². The average Bonchev–Trinajstić information content (AvgIpc) is 3.67. The number of hydrogen-bond donors (Lipinski definition) is 1. The van der Waals surface area contributed by atoms with Gasteiger partial charge in [0.05, 0.1) is 53.2 Å². The van der Waals surface area contributed by atoms with Gasteiger partial charge in [-0.1, -0.05) is 12.1 Å². The first-order chi connectivity index (χ1) is 23.1. The van der Waals surface area contributed by atoms with E-state index < -0.39 is 48.6 Å². The number of carboxylic acid groups (broad SMARTS) is 1. The predicted molar refractivity (Wildman–Crippen MR) is 160 cm³/mol. The van der Waals surface area contributed by atoms with Crippen LogP contribution < -0.4 is 4.74 Å². The second-order valence-corrected chi connectivity index (χ2v) is 10.9. The van der Waals surface area contributed by atoms with Crippen molar-refractivity contribution in [2.24, 2.45) is 0 Å². The molecule has 3 aromatic carbocycles. The zero-order valence-corrected chi connectivity index (χ0v) is 24.9. The van der Waals surface area contributed by atoms with Gasteiger partial charge >= 0.3 is 5.97 Å². The number of alkyl halides is 2. The molecular weight excluding hydrogens is 639 g/mol. The maximum Gasteiger partial charge on any atom is 0.335 e. The third-order valence-corrected chi connectivity index (χ3v) is 7.82. The molecule has 14 heteroatoms. The average molecular weight is 665 g/mol. The number of hydrogen-bond acceptors (Lipinski definition) is 7. The number of halogens is 5. The standard InChI is InChI=1S/C34H25F5N4O5/c35-23-8-18(13-40)4-5-20(23)14-48-33-3-1-2-26(42-33)22-12-24(36)21(9-25(22)37)11-32-41-27-7-6-19(34(44)45)10-28(27)43(32)29-15-46-16-30(29)47-17-31(38)39/h1-10,12,29-31H,11,14-17H2,(H,44,45)/t29-,30+/m0/s1. The monoisotopic (exact) mass is 664 g/mol. The fraction of sp³-hybridized carbons (Fsp3) is 0.235. The van der Waals surface area contributed by atoms with Crippen LogP contribution in [-0.4, -0.2) is 58.0 Å². The van der Waals surface area contributed by atoms with E-state index in [1.165, 1.54) is 48.5 Å². The summed E-state index contributed by atoms with van der Waals surface area (Å²) < 4.78 is 89.5. The highest BCUT2D eigenvalue weighted by molar-refractivity contribution is 5.92. The number of imidazole rings is 1. The summed E-state index contributed by atoms with van der Waals surface area (Å²) in [4.78, 5) is 20.5. The molecule has 0 unspecified atom stereocenters. The highest BCUT2D eigenvalue weighted by atomic mass is 19.3. The number of rotatable bonds is 11. The lowest BCUT2D eigenvalue weighted by Gasteiger charge is -2.22. The van der Waals surface area contributed by atoms with Gasteiger partial charge in [-0.05, 0) is 54.1 Å². The fourth-order valence-electron chi connectivity index (χ4n) is 5.51. The Bertz CT molecular complexity index is 2050. The van der Waals surface area contributed by atoms with Gasteiger partial charge in [0.2, 0.25) is 5.88 Å². The van der Waals surface area contributed by atoms with Crippen molar-refractivity contribution >= 4 is 17.0 Å². The summed E-state index contributed by atoms with van der Waals surface area (Å²) >= 11 is 0. The third kappa shape index (κ3) is 6.83. The molecule has 3 heterocycles. The van der Waals surface area contributed by atoms with Crippen molar-refractivity contribution in [1.82, 2.24) is 14.5 Å². The van der Waals surface area contributed by atoms with Crippen molar-refractivity contribution in [3.05, 3.63) is 112 Å². The summed E-state index contributed by atoms with van der Waals surface area (Å²) in [7, 11) is 0. The maximum atomic E-state index is 15.7. The lowest BCUT2D eigenvalue weighted by molar-refractivity contribution is -0.0356. The van der Waals surface area contributed by atoms with Crippen LogP contribution in [0.15, 0.2) is 66.7 Å². The molecule has 1 saturated heterocycles. The van der Waals surface area contributed by atoms with Gasteiger partial charge in [-0.3, -0.25) is 0 Å². The van der Waals surface area contributed by atoms with Gasteiger partial charge in [0.15, 0.2) is 0 Å². The number of benzene rings is 3. The largest absolute Gasteiger partial charge is 0.478 e. The van der Waals surface area contributed by atoms with Gasteiger partial charge in [-0.2, -0.15) is 5.26 Å². The molecule has 0 bridgehead atoms. The number of carboxylic acids is 1. The lowest BCUT2D eigenvalue weighted by atomic mass is 10.0. The Labute approximate surface area is 269 Å². The molecule has 0 amide bonds. The molecule has 1 aliphatic rings. The normalized spacial score (nSPS) is 16.0. The van der Waals surface area contributed by atoms with E-state index >= 15 is 8.78 Å². The van der Waals surface area contributed by atoms with Crippen LogP contribution in [0.5, 0.6) is 5.88 Å². The first kappa shape index (κ1) is 32.5. The molecule has 6 rings (SSSR count). The lowest BCUT2D eigenvalue weighted by Crippen LogP contribution is -2.28. The Hall–Kier alpha value is -5.39. The summed E-state index contributed by atoms with van der Waals surface area (Å²) in [6, 6.07) is 15.7. The number of pyridine rings is 1. The summed E-state index contributed by atoms with van der Waals surface area (Å²) in [6.07, 6.45) is -3.81. The number of carbonyl (C=O) groups is 1. The summed E-state index contributed by atoms with van der Waals surface area (Å²) in [5.74, 6) is -3.21. The molecule has 2 aromatic heterocycles. The van der Waals surface area contributed by atoms with Crippen LogP contribution in [0.4, 0.5) is 22.0 Å². The van der Waals surface area contributed by atoms with Crippen molar-refractivity contribution in [1.29, 1.82) is 5.26 Å². The van der Waals surface area contributed by atoms with E-state index in [0.29, 0.717) is 11.0 Å². The number of fused-ring (bicyclic) bond motifs is 1. The van der Waals surface area contributed by atoms with Gasteiger partial charge < -0.3 is 23.9 Å². The zero-order valence-electron chi connectivity index (χ0n) is 24.9. The van der Waals surface area contributed by atoms with Crippen LogP contribution in [0.3, 0.4) is 0 Å². The number of nitriles is 1. The van der Waals surface area contributed by atoms with Crippen molar-refractivity contribution in [3.8, 4) is 23.2 Å². The van der Waals surface area contributed by atoms with Crippen LogP contribution in [0.25, 0.3) is 22.3 Å². The SMILES string of the molecule is N#Cc1ccc(COc2cccc(-c3cc(F)c(Cc4nc5ccc(C(=O)O)cc5n4[C@H]4COC[C@H]4OCC(F)F)cc3F)n2)c(F)c1. The summed E-state index contributed by atoms with van der Waals surface area (Å²) in [5, 5.41) is 18.5. The third-order valence-electron chi connectivity index (χ3n) is 7.82. The van der Waals surface area contributed by atoms with Gasteiger partial charge in [0.25, 0.3) is 6.43 Å². The highest BCUT2D eigenvalue weighted by Crippen LogP contribution is 2.33. The Balaban J connectivity index is 1.29. The molecule has 0 radical (unpaired) electrons. The van der Waals surface area contributed by atoms with Crippen molar-refractivity contribution in [2.45, 2.75) is 31.6 Å². The summed E-state index contributed by atoms with van der Waals surface area (Å²) in [5.41, 5.74) is 0.753. The van der Waals surface area contributed by atoms with E-state index in [4.69, 9.17) is 19.5 Å². The van der Waals surface area contributed by atoms with Gasteiger partial charge in [-0.25, -0.2) is 36.7 Å². The van der Waals surface area contributed by atoms with E-state index in [2.05, 4.69) is 9.97 Å². The van der Waals surface area contributed by atoms with Crippen molar-refractivity contribution < 1.29 is 46.1 Å². The molecule has 0 spiro atoms. The molecule has 0 saturated carbocycles.